The Morgan fingerprint density at radius 1 is 1.00 bits per heavy atom. The predicted molar refractivity (Wildman–Crippen MR) is 106 cm³/mol. The summed E-state index contributed by atoms with van der Waals surface area (Å²) in [4.78, 5) is 25.3. The smallest absolute Gasteiger partial charge is 0.279 e. The van der Waals surface area contributed by atoms with E-state index < -0.39 is 0 Å². The van der Waals surface area contributed by atoms with E-state index in [9.17, 15) is 9.59 Å². The van der Waals surface area contributed by atoms with Gasteiger partial charge in [0.05, 0.1) is 7.05 Å². The fourth-order valence-corrected chi connectivity index (χ4v) is 2.86. The number of likely N-dealkylation sites (N-methyl/N-ethyl adjacent to an activating group) is 1. The van der Waals surface area contributed by atoms with Crippen LogP contribution in [-0.2, 0) is 16.0 Å². The third kappa shape index (κ3) is 5.86. The molecule has 0 aromatic heterocycles. The van der Waals surface area contributed by atoms with Gasteiger partial charge in [-0.1, -0.05) is 36.7 Å². The van der Waals surface area contributed by atoms with Crippen molar-refractivity contribution in [3.63, 3.8) is 0 Å². The largest absolute Gasteiger partial charge is 0.322 e. The summed E-state index contributed by atoms with van der Waals surface area (Å²) >= 11 is 5.83. The van der Waals surface area contributed by atoms with Gasteiger partial charge in [-0.05, 0) is 48.7 Å². The van der Waals surface area contributed by atoms with E-state index in [4.69, 9.17) is 11.6 Å². The number of halogens is 1. The average Bonchev–Trinajstić information content (AvgIpc) is 2.58. The highest BCUT2D eigenvalue weighted by Gasteiger charge is 2.16. The molecule has 0 aliphatic rings. The Labute approximate surface area is 159 Å². The minimum absolute atomic E-state index is 0.106. The second-order valence-corrected chi connectivity index (χ2v) is 6.81. The van der Waals surface area contributed by atoms with Crippen molar-refractivity contribution in [1.82, 2.24) is 0 Å². The Balaban J connectivity index is 1.87. The van der Waals surface area contributed by atoms with Crippen LogP contribution in [0.15, 0.2) is 42.5 Å². The number of quaternary nitrogens is 1. The molecule has 0 spiro atoms. The summed E-state index contributed by atoms with van der Waals surface area (Å²) in [6, 6.07) is 12.9. The lowest BCUT2D eigenvalue weighted by molar-refractivity contribution is -0.862. The molecule has 2 aromatic rings. The normalized spacial score (nSPS) is 11.7. The van der Waals surface area contributed by atoms with Crippen LogP contribution in [0.3, 0.4) is 0 Å². The highest BCUT2D eigenvalue weighted by atomic mass is 35.5. The molecule has 0 saturated heterocycles. The number of amides is 2. The lowest BCUT2D eigenvalue weighted by atomic mass is 10.1. The van der Waals surface area contributed by atoms with Crippen LogP contribution in [0.5, 0.6) is 0 Å². The Morgan fingerprint density at radius 3 is 2.23 bits per heavy atom. The van der Waals surface area contributed by atoms with Crippen LogP contribution in [0.25, 0.3) is 0 Å². The molecule has 0 heterocycles. The molecule has 0 saturated carbocycles. The number of benzene rings is 2. The van der Waals surface area contributed by atoms with E-state index in [2.05, 4.69) is 17.6 Å². The molecule has 26 heavy (non-hydrogen) atoms. The molecular weight excluding hydrogens is 350 g/mol. The van der Waals surface area contributed by atoms with E-state index in [0.717, 1.165) is 28.1 Å². The van der Waals surface area contributed by atoms with Gasteiger partial charge in [0.2, 0.25) is 0 Å². The molecule has 0 fully saturated rings. The zero-order valence-electron chi connectivity index (χ0n) is 15.4. The van der Waals surface area contributed by atoms with Crippen molar-refractivity contribution in [2.24, 2.45) is 0 Å². The number of rotatable bonds is 7. The van der Waals surface area contributed by atoms with Crippen LogP contribution in [0.1, 0.15) is 18.1 Å². The molecule has 2 amide bonds. The van der Waals surface area contributed by atoms with Gasteiger partial charge in [0.25, 0.3) is 11.8 Å². The van der Waals surface area contributed by atoms with Gasteiger partial charge in [-0.2, -0.15) is 0 Å². The van der Waals surface area contributed by atoms with Gasteiger partial charge >= 0.3 is 0 Å². The van der Waals surface area contributed by atoms with Crippen molar-refractivity contribution >= 4 is 34.8 Å². The monoisotopic (exact) mass is 374 g/mol. The summed E-state index contributed by atoms with van der Waals surface area (Å²) in [6.07, 6.45) is 0.851. The Morgan fingerprint density at radius 2 is 1.62 bits per heavy atom. The summed E-state index contributed by atoms with van der Waals surface area (Å²) in [5.41, 5.74) is 3.70. The SMILES string of the molecule is CCc1cccc(C)c1NC(=O)C[NH+](C)CC(=O)Nc1ccc(Cl)cc1. The van der Waals surface area contributed by atoms with E-state index in [1.807, 2.05) is 32.2 Å². The number of anilines is 2. The van der Waals surface area contributed by atoms with Crippen molar-refractivity contribution in [1.29, 1.82) is 0 Å². The van der Waals surface area contributed by atoms with Crippen LogP contribution in [0.2, 0.25) is 5.02 Å². The van der Waals surface area contributed by atoms with Gasteiger partial charge < -0.3 is 15.5 Å². The molecule has 0 aliphatic carbocycles. The van der Waals surface area contributed by atoms with Gasteiger partial charge in [-0.3, -0.25) is 9.59 Å². The second-order valence-electron chi connectivity index (χ2n) is 6.38. The van der Waals surface area contributed by atoms with Crippen LogP contribution < -0.4 is 15.5 Å². The van der Waals surface area contributed by atoms with Crippen LogP contribution in [0, 0.1) is 6.92 Å². The number of aryl methyl sites for hydroxylation is 2. The minimum atomic E-state index is -0.150. The van der Waals surface area contributed by atoms with E-state index in [-0.39, 0.29) is 24.9 Å². The molecule has 0 bridgehead atoms. The van der Waals surface area contributed by atoms with Gasteiger partial charge in [0, 0.05) is 16.4 Å². The highest BCUT2D eigenvalue weighted by Crippen LogP contribution is 2.20. The zero-order chi connectivity index (χ0) is 19.1. The van der Waals surface area contributed by atoms with Gasteiger partial charge in [-0.15, -0.1) is 0 Å². The number of para-hydroxylation sites is 1. The first-order chi connectivity index (χ1) is 12.4. The standard InChI is InChI=1S/C20H24ClN3O2/c1-4-15-7-5-6-14(2)20(15)23-19(26)13-24(3)12-18(25)22-17-10-8-16(21)9-11-17/h5-11H,4,12-13H2,1-3H3,(H,22,25)(H,23,26)/p+1. The molecule has 0 aliphatic heterocycles. The van der Waals surface area contributed by atoms with Crippen LogP contribution >= 0.6 is 11.6 Å². The first kappa shape index (κ1) is 19.9. The molecular formula is C20H25ClN3O2+. The Hall–Kier alpha value is -2.37. The van der Waals surface area contributed by atoms with Crippen molar-refractivity contribution < 1.29 is 14.5 Å². The van der Waals surface area contributed by atoms with E-state index >= 15 is 0 Å². The Bertz CT molecular complexity index is 775. The summed E-state index contributed by atoms with van der Waals surface area (Å²) in [5.74, 6) is -0.256. The molecule has 0 radical (unpaired) electrons. The minimum Gasteiger partial charge on any atom is -0.322 e. The maximum atomic E-state index is 12.3. The zero-order valence-corrected chi connectivity index (χ0v) is 16.1. The van der Waals surface area contributed by atoms with Crippen molar-refractivity contribution in [3.8, 4) is 0 Å². The molecule has 1 unspecified atom stereocenters. The van der Waals surface area contributed by atoms with Crippen LogP contribution in [0.4, 0.5) is 11.4 Å². The van der Waals surface area contributed by atoms with Gasteiger partial charge in [-0.25, -0.2) is 0 Å². The number of hydrogen-bond acceptors (Lipinski definition) is 2. The number of carbonyl (C=O) groups excluding carboxylic acids is 2. The first-order valence-corrected chi connectivity index (χ1v) is 9.02. The summed E-state index contributed by atoms with van der Waals surface area (Å²) in [6.45, 7) is 4.45. The van der Waals surface area contributed by atoms with Crippen molar-refractivity contribution in [3.05, 3.63) is 58.6 Å². The summed E-state index contributed by atoms with van der Waals surface area (Å²) in [5, 5.41) is 6.40. The number of hydrogen-bond donors (Lipinski definition) is 3. The first-order valence-electron chi connectivity index (χ1n) is 8.64. The molecule has 2 rings (SSSR count). The van der Waals surface area contributed by atoms with Crippen molar-refractivity contribution in [2.45, 2.75) is 20.3 Å². The summed E-state index contributed by atoms with van der Waals surface area (Å²) < 4.78 is 0. The molecule has 1 atom stereocenters. The quantitative estimate of drug-likeness (QED) is 0.696. The fraction of sp³-hybridized carbons (Fsp3) is 0.300. The fourth-order valence-electron chi connectivity index (χ4n) is 2.73. The number of carbonyl (C=O) groups is 2. The third-order valence-electron chi connectivity index (χ3n) is 4.06. The topological polar surface area (TPSA) is 62.6 Å². The number of nitrogens with one attached hydrogen (secondary N) is 3. The maximum absolute atomic E-state index is 12.3. The lowest BCUT2D eigenvalue weighted by Gasteiger charge is -2.16. The molecule has 3 N–H and O–H groups in total. The maximum Gasteiger partial charge on any atom is 0.279 e. The van der Waals surface area contributed by atoms with Crippen molar-refractivity contribution in [2.75, 3.05) is 30.8 Å². The molecule has 5 nitrogen and oxygen atoms in total. The van der Waals surface area contributed by atoms with Gasteiger partial charge in [0.15, 0.2) is 13.1 Å². The molecule has 6 heteroatoms. The summed E-state index contributed by atoms with van der Waals surface area (Å²) in [7, 11) is 1.82. The molecule has 2 aromatic carbocycles. The van der Waals surface area contributed by atoms with Gasteiger partial charge in [0.1, 0.15) is 0 Å². The highest BCUT2D eigenvalue weighted by molar-refractivity contribution is 6.30. The van der Waals surface area contributed by atoms with E-state index in [1.165, 1.54) is 0 Å². The lowest BCUT2D eigenvalue weighted by Crippen LogP contribution is -3.11. The molecule has 138 valence electrons. The average molecular weight is 375 g/mol. The van der Waals surface area contributed by atoms with E-state index in [1.54, 1.807) is 24.3 Å². The second kappa shape index (κ2) is 9.36. The van der Waals surface area contributed by atoms with Crippen LogP contribution in [-0.4, -0.2) is 32.0 Å². The predicted octanol–water partition coefficient (Wildman–Crippen LogP) is 2.30. The Kier molecular flexibility index (Phi) is 7.18. The van der Waals surface area contributed by atoms with E-state index in [0.29, 0.717) is 10.7 Å². The third-order valence-corrected chi connectivity index (χ3v) is 4.31.